The molecule has 0 saturated carbocycles. The molecular weight excluding hydrogens is 298 g/mol. The Hall–Kier alpha value is -3.15. The molecule has 0 spiro atoms. The van der Waals surface area contributed by atoms with Crippen LogP contribution in [0.1, 0.15) is 11.3 Å². The number of hydrogen-bond donors (Lipinski definition) is 0. The number of benzene rings is 1. The molecule has 3 rings (SSSR count). The zero-order valence-electron chi connectivity index (χ0n) is 13.7. The lowest BCUT2D eigenvalue weighted by atomic mass is 10.2. The van der Waals surface area contributed by atoms with E-state index in [0.29, 0.717) is 24.3 Å². The van der Waals surface area contributed by atoms with Crippen LogP contribution in [0.2, 0.25) is 0 Å². The van der Waals surface area contributed by atoms with Gasteiger partial charge in [0.2, 0.25) is 0 Å². The minimum absolute atomic E-state index is 0.603. The van der Waals surface area contributed by atoms with Crippen LogP contribution < -0.4 is 0 Å². The SMILES string of the molecule is CN(C)CC#CC#Cc1ncnc2c1ncn2Cc1ccccc1. The van der Waals surface area contributed by atoms with Crippen LogP contribution in [-0.4, -0.2) is 45.1 Å². The molecule has 0 fully saturated rings. The zero-order chi connectivity index (χ0) is 16.8. The van der Waals surface area contributed by atoms with Gasteiger partial charge in [-0.05, 0) is 37.4 Å². The van der Waals surface area contributed by atoms with E-state index in [9.17, 15) is 0 Å². The van der Waals surface area contributed by atoms with Crippen molar-refractivity contribution >= 4 is 11.2 Å². The fourth-order valence-corrected chi connectivity index (χ4v) is 2.20. The quantitative estimate of drug-likeness (QED) is 0.691. The Balaban J connectivity index is 1.86. The average molecular weight is 315 g/mol. The van der Waals surface area contributed by atoms with Crippen molar-refractivity contribution in [2.24, 2.45) is 0 Å². The Bertz CT molecular complexity index is 949. The van der Waals surface area contributed by atoms with Crippen LogP contribution in [0, 0.1) is 23.7 Å². The van der Waals surface area contributed by atoms with Gasteiger partial charge in [0.15, 0.2) is 5.65 Å². The van der Waals surface area contributed by atoms with Gasteiger partial charge in [0.25, 0.3) is 0 Å². The highest BCUT2D eigenvalue weighted by atomic mass is 15.1. The van der Waals surface area contributed by atoms with E-state index >= 15 is 0 Å². The number of rotatable bonds is 3. The Morgan fingerprint density at radius 1 is 1.04 bits per heavy atom. The standard InChI is InChI=1S/C19H17N5/c1-23(2)12-8-4-7-11-17-18-19(21-14-20-17)24(15-22-18)13-16-9-5-3-6-10-16/h3,5-6,9-10,14-15H,12-13H2,1-2H3. The summed E-state index contributed by atoms with van der Waals surface area (Å²) < 4.78 is 2.00. The maximum atomic E-state index is 4.42. The summed E-state index contributed by atoms with van der Waals surface area (Å²) in [5, 5.41) is 0. The fraction of sp³-hybridized carbons (Fsp3) is 0.211. The molecule has 118 valence electrons. The molecule has 0 amide bonds. The summed E-state index contributed by atoms with van der Waals surface area (Å²) in [5.74, 6) is 11.6. The monoisotopic (exact) mass is 315 g/mol. The van der Waals surface area contributed by atoms with Gasteiger partial charge in [-0.2, -0.15) is 0 Å². The highest BCUT2D eigenvalue weighted by Crippen LogP contribution is 2.14. The second-order valence-electron chi connectivity index (χ2n) is 5.54. The molecule has 1 aromatic carbocycles. The van der Waals surface area contributed by atoms with Crippen molar-refractivity contribution in [3.63, 3.8) is 0 Å². The van der Waals surface area contributed by atoms with E-state index < -0.39 is 0 Å². The summed E-state index contributed by atoms with van der Waals surface area (Å²) in [6.07, 6.45) is 3.29. The lowest BCUT2D eigenvalue weighted by Crippen LogP contribution is -2.10. The zero-order valence-corrected chi connectivity index (χ0v) is 13.7. The molecule has 0 N–H and O–H groups in total. The van der Waals surface area contributed by atoms with E-state index in [4.69, 9.17) is 0 Å². The van der Waals surface area contributed by atoms with Crippen molar-refractivity contribution in [3.8, 4) is 23.7 Å². The smallest absolute Gasteiger partial charge is 0.164 e. The normalized spacial score (nSPS) is 10.1. The van der Waals surface area contributed by atoms with Crippen molar-refractivity contribution in [2.45, 2.75) is 6.54 Å². The number of fused-ring (bicyclic) bond motifs is 1. The first kappa shape index (κ1) is 15.7. The molecule has 0 atom stereocenters. The summed E-state index contributed by atoms with van der Waals surface area (Å²) in [5.41, 5.74) is 3.28. The second kappa shape index (κ2) is 7.41. The Labute approximate surface area is 141 Å². The highest BCUT2D eigenvalue weighted by molar-refractivity contribution is 5.76. The van der Waals surface area contributed by atoms with Crippen LogP contribution >= 0.6 is 0 Å². The van der Waals surface area contributed by atoms with Crippen LogP contribution in [0.3, 0.4) is 0 Å². The minimum Gasteiger partial charge on any atom is -0.311 e. The third-order valence-electron chi connectivity index (χ3n) is 3.32. The van der Waals surface area contributed by atoms with Gasteiger partial charge in [0.1, 0.15) is 17.5 Å². The molecule has 5 heteroatoms. The molecule has 0 bridgehead atoms. The third-order valence-corrected chi connectivity index (χ3v) is 3.32. The van der Waals surface area contributed by atoms with Gasteiger partial charge in [-0.15, -0.1) is 0 Å². The summed E-state index contributed by atoms with van der Waals surface area (Å²) in [6, 6.07) is 10.2. The molecular formula is C19H17N5. The van der Waals surface area contributed by atoms with Crippen molar-refractivity contribution in [1.29, 1.82) is 0 Å². The molecule has 2 aromatic heterocycles. The maximum absolute atomic E-state index is 4.42. The molecule has 0 aliphatic heterocycles. The van der Waals surface area contributed by atoms with Crippen LogP contribution in [0.5, 0.6) is 0 Å². The lowest BCUT2D eigenvalue weighted by Gasteiger charge is -2.03. The predicted molar refractivity (Wildman–Crippen MR) is 94.1 cm³/mol. The molecule has 0 saturated heterocycles. The van der Waals surface area contributed by atoms with E-state index in [1.807, 2.05) is 41.8 Å². The van der Waals surface area contributed by atoms with Gasteiger partial charge in [-0.1, -0.05) is 36.3 Å². The van der Waals surface area contributed by atoms with Crippen LogP contribution in [0.25, 0.3) is 11.2 Å². The molecule has 0 aliphatic carbocycles. The summed E-state index contributed by atoms with van der Waals surface area (Å²) in [6.45, 7) is 1.39. The molecule has 24 heavy (non-hydrogen) atoms. The van der Waals surface area contributed by atoms with Crippen molar-refractivity contribution in [2.75, 3.05) is 20.6 Å². The molecule has 2 heterocycles. The van der Waals surface area contributed by atoms with E-state index in [1.54, 1.807) is 6.33 Å². The maximum Gasteiger partial charge on any atom is 0.164 e. The highest BCUT2D eigenvalue weighted by Gasteiger charge is 2.08. The molecule has 5 nitrogen and oxygen atoms in total. The van der Waals surface area contributed by atoms with E-state index in [-0.39, 0.29) is 0 Å². The van der Waals surface area contributed by atoms with Gasteiger partial charge >= 0.3 is 0 Å². The first-order valence-corrected chi connectivity index (χ1v) is 7.57. The molecule has 0 aliphatic rings. The Morgan fingerprint density at radius 2 is 1.88 bits per heavy atom. The van der Waals surface area contributed by atoms with E-state index in [2.05, 4.69) is 50.8 Å². The van der Waals surface area contributed by atoms with E-state index in [0.717, 1.165) is 5.65 Å². The van der Waals surface area contributed by atoms with Crippen molar-refractivity contribution in [3.05, 3.63) is 54.2 Å². The fourth-order valence-electron chi connectivity index (χ4n) is 2.20. The largest absolute Gasteiger partial charge is 0.311 e. The first-order chi connectivity index (χ1) is 11.7. The number of hydrogen-bond acceptors (Lipinski definition) is 4. The van der Waals surface area contributed by atoms with Gasteiger partial charge in [-0.25, -0.2) is 15.0 Å². The molecule has 0 unspecified atom stereocenters. The Morgan fingerprint density at radius 3 is 2.67 bits per heavy atom. The molecule has 3 aromatic rings. The topological polar surface area (TPSA) is 46.8 Å². The van der Waals surface area contributed by atoms with Crippen LogP contribution in [0.4, 0.5) is 0 Å². The van der Waals surface area contributed by atoms with Crippen LogP contribution in [-0.2, 0) is 6.54 Å². The van der Waals surface area contributed by atoms with Gasteiger partial charge in [0, 0.05) is 0 Å². The number of aromatic nitrogens is 4. The lowest BCUT2D eigenvalue weighted by molar-refractivity contribution is 0.464. The van der Waals surface area contributed by atoms with Gasteiger partial charge in [0.05, 0.1) is 19.4 Å². The third kappa shape index (κ3) is 3.78. The number of imidazole rings is 1. The first-order valence-electron chi connectivity index (χ1n) is 7.57. The summed E-state index contributed by atoms with van der Waals surface area (Å²) in [4.78, 5) is 15.0. The van der Waals surface area contributed by atoms with Gasteiger partial charge in [-0.3, -0.25) is 4.90 Å². The van der Waals surface area contributed by atoms with Gasteiger partial charge < -0.3 is 4.57 Å². The Kier molecular flexibility index (Phi) is 4.86. The number of nitrogens with zero attached hydrogens (tertiary/aromatic N) is 5. The summed E-state index contributed by atoms with van der Waals surface area (Å²) >= 11 is 0. The minimum atomic E-state index is 0.603. The molecule has 0 radical (unpaired) electrons. The second-order valence-corrected chi connectivity index (χ2v) is 5.54. The summed E-state index contributed by atoms with van der Waals surface area (Å²) in [7, 11) is 3.94. The van der Waals surface area contributed by atoms with Crippen molar-refractivity contribution in [1.82, 2.24) is 24.4 Å². The van der Waals surface area contributed by atoms with E-state index in [1.165, 1.54) is 11.9 Å². The predicted octanol–water partition coefficient (Wildman–Crippen LogP) is 1.79. The average Bonchev–Trinajstić information content (AvgIpc) is 2.99. The van der Waals surface area contributed by atoms with Crippen LogP contribution in [0.15, 0.2) is 43.0 Å². The van der Waals surface area contributed by atoms with Crippen molar-refractivity contribution < 1.29 is 0 Å².